The molecular formula is C21H27F2N3O3S. The molecule has 0 saturated heterocycles. The van der Waals surface area contributed by atoms with E-state index in [1.807, 2.05) is 0 Å². The van der Waals surface area contributed by atoms with E-state index in [4.69, 9.17) is 5.73 Å². The molecule has 1 aromatic carbocycles. The Bertz CT molecular complexity index is 1120. The number of nitrogens with zero attached hydrogens (tertiary/aromatic N) is 2. The molecule has 0 spiro atoms. The Labute approximate surface area is 175 Å². The van der Waals surface area contributed by atoms with Gasteiger partial charge in [-0.2, -0.15) is 4.31 Å². The van der Waals surface area contributed by atoms with Gasteiger partial charge in [0.15, 0.2) is 11.6 Å². The first kappa shape index (κ1) is 21.2. The largest absolute Gasteiger partial charge is 0.366 e. The number of hydrogen-bond donors (Lipinski definition) is 1. The molecule has 4 rings (SSSR count). The predicted octanol–water partition coefficient (Wildman–Crippen LogP) is 3.69. The van der Waals surface area contributed by atoms with Gasteiger partial charge >= 0.3 is 0 Å². The molecular weight excluding hydrogens is 412 g/mol. The van der Waals surface area contributed by atoms with Crippen LogP contribution in [0.3, 0.4) is 0 Å². The molecule has 6 nitrogen and oxygen atoms in total. The van der Waals surface area contributed by atoms with Gasteiger partial charge in [0.25, 0.3) is 5.91 Å². The second-order valence-electron chi connectivity index (χ2n) is 8.85. The van der Waals surface area contributed by atoms with Gasteiger partial charge in [-0.25, -0.2) is 17.2 Å². The molecule has 2 aliphatic carbocycles. The summed E-state index contributed by atoms with van der Waals surface area (Å²) in [6.45, 7) is 3.23. The SMILES string of the molecule is Cc1c(C(N)=O)c2ccc(F)c(F)c2n1C(C)N(C1CC2CCC(C2)C1)S(C)(=O)=O. The fourth-order valence-corrected chi connectivity index (χ4v) is 7.25. The zero-order valence-corrected chi connectivity index (χ0v) is 18.2. The number of benzene rings is 1. The summed E-state index contributed by atoms with van der Waals surface area (Å²) in [4.78, 5) is 12.1. The number of primary amides is 1. The molecule has 2 fully saturated rings. The topological polar surface area (TPSA) is 85.4 Å². The lowest BCUT2D eigenvalue weighted by molar-refractivity contribution is 0.100. The number of carbonyl (C=O) groups excluding carboxylic acids is 1. The van der Waals surface area contributed by atoms with Crippen molar-refractivity contribution in [1.82, 2.24) is 8.87 Å². The van der Waals surface area contributed by atoms with Crippen LogP contribution in [-0.2, 0) is 10.0 Å². The molecule has 164 valence electrons. The summed E-state index contributed by atoms with van der Waals surface area (Å²) < 4.78 is 57.6. The van der Waals surface area contributed by atoms with Crippen LogP contribution in [0.25, 0.3) is 10.9 Å². The van der Waals surface area contributed by atoms with Gasteiger partial charge < -0.3 is 10.3 Å². The van der Waals surface area contributed by atoms with Gasteiger partial charge in [-0.05, 0) is 57.1 Å². The van der Waals surface area contributed by atoms with Crippen LogP contribution in [-0.4, -0.2) is 35.5 Å². The van der Waals surface area contributed by atoms with Crippen LogP contribution in [0.2, 0.25) is 0 Å². The molecule has 9 heteroatoms. The van der Waals surface area contributed by atoms with Crippen LogP contribution in [0.5, 0.6) is 0 Å². The fourth-order valence-electron chi connectivity index (χ4n) is 5.89. The highest BCUT2D eigenvalue weighted by Gasteiger charge is 2.42. The maximum Gasteiger partial charge on any atom is 0.251 e. The molecule has 1 amide bonds. The Balaban J connectivity index is 1.90. The smallest absolute Gasteiger partial charge is 0.251 e. The molecule has 2 aliphatic rings. The fraction of sp³-hybridized carbons (Fsp3) is 0.571. The maximum atomic E-state index is 14.9. The third-order valence-corrected chi connectivity index (χ3v) is 8.26. The third kappa shape index (κ3) is 3.32. The van der Waals surface area contributed by atoms with E-state index in [2.05, 4.69) is 0 Å². The molecule has 30 heavy (non-hydrogen) atoms. The van der Waals surface area contributed by atoms with E-state index in [1.54, 1.807) is 13.8 Å². The van der Waals surface area contributed by atoms with Crippen LogP contribution >= 0.6 is 0 Å². The lowest BCUT2D eigenvalue weighted by Gasteiger charge is -2.40. The Morgan fingerprint density at radius 2 is 1.80 bits per heavy atom. The summed E-state index contributed by atoms with van der Waals surface area (Å²) in [5.74, 6) is -1.97. The monoisotopic (exact) mass is 439 g/mol. The number of halogens is 2. The second-order valence-corrected chi connectivity index (χ2v) is 10.7. The summed E-state index contributed by atoms with van der Waals surface area (Å²) >= 11 is 0. The second kappa shape index (κ2) is 7.30. The number of fused-ring (bicyclic) bond motifs is 3. The van der Waals surface area contributed by atoms with Crippen molar-refractivity contribution in [1.29, 1.82) is 0 Å². The molecule has 3 unspecified atom stereocenters. The Morgan fingerprint density at radius 3 is 2.33 bits per heavy atom. The first-order valence-corrected chi connectivity index (χ1v) is 12.1. The Hall–Kier alpha value is -2.00. The average molecular weight is 440 g/mol. The van der Waals surface area contributed by atoms with Crippen molar-refractivity contribution in [2.45, 2.75) is 58.2 Å². The standard InChI is InChI=1S/C21H27F2N3O3S/c1-11-18(21(24)27)16-6-7-17(22)19(23)20(16)25(11)12(2)26(30(3,28)29)15-9-13-4-5-14(8-13)10-15/h6-7,12-15H,4-5,8-10H2,1-3H3,(H2,24,27). The molecule has 2 aromatic rings. The lowest BCUT2D eigenvalue weighted by atomic mass is 9.85. The zero-order valence-electron chi connectivity index (χ0n) is 17.4. The van der Waals surface area contributed by atoms with Gasteiger partial charge in [0.2, 0.25) is 10.0 Å². The van der Waals surface area contributed by atoms with E-state index in [0.29, 0.717) is 17.5 Å². The molecule has 1 aromatic heterocycles. The summed E-state index contributed by atoms with van der Waals surface area (Å²) in [5, 5.41) is 0.183. The van der Waals surface area contributed by atoms with Crippen molar-refractivity contribution < 1.29 is 22.0 Å². The molecule has 0 radical (unpaired) electrons. The highest BCUT2D eigenvalue weighted by molar-refractivity contribution is 7.88. The summed E-state index contributed by atoms with van der Waals surface area (Å²) in [5.41, 5.74) is 5.79. The van der Waals surface area contributed by atoms with Crippen LogP contribution in [0, 0.1) is 30.4 Å². The van der Waals surface area contributed by atoms with Gasteiger partial charge in [0.05, 0.1) is 23.5 Å². The Kier molecular flexibility index (Phi) is 5.17. The number of amides is 1. The third-order valence-electron chi connectivity index (χ3n) is 6.89. The summed E-state index contributed by atoms with van der Waals surface area (Å²) in [6, 6.07) is 2.05. The minimum absolute atomic E-state index is 0.0768. The molecule has 2 saturated carbocycles. The summed E-state index contributed by atoms with van der Waals surface area (Å²) in [6.07, 6.45) is 5.15. The molecule has 2 bridgehead atoms. The zero-order chi connectivity index (χ0) is 22.0. The lowest BCUT2D eigenvalue weighted by Crippen LogP contribution is -2.46. The average Bonchev–Trinajstić information content (AvgIpc) is 3.13. The van der Waals surface area contributed by atoms with Crippen LogP contribution in [0.15, 0.2) is 12.1 Å². The number of rotatable bonds is 5. The van der Waals surface area contributed by atoms with Crippen LogP contribution in [0.1, 0.15) is 61.2 Å². The first-order valence-electron chi connectivity index (χ1n) is 10.3. The Morgan fingerprint density at radius 1 is 1.20 bits per heavy atom. The number of aromatic nitrogens is 1. The van der Waals surface area contributed by atoms with Crippen LogP contribution in [0.4, 0.5) is 8.78 Å². The van der Waals surface area contributed by atoms with Crippen molar-refractivity contribution in [3.63, 3.8) is 0 Å². The van der Waals surface area contributed by atoms with E-state index in [0.717, 1.165) is 44.4 Å². The minimum Gasteiger partial charge on any atom is -0.366 e. The van der Waals surface area contributed by atoms with E-state index in [9.17, 15) is 22.0 Å². The van der Waals surface area contributed by atoms with Crippen molar-refractivity contribution in [3.05, 3.63) is 35.0 Å². The van der Waals surface area contributed by atoms with Crippen molar-refractivity contribution in [2.75, 3.05) is 6.26 Å². The highest BCUT2D eigenvalue weighted by atomic mass is 32.2. The first-order chi connectivity index (χ1) is 14.0. The van der Waals surface area contributed by atoms with E-state index in [-0.39, 0.29) is 22.5 Å². The predicted molar refractivity (Wildman–Crippen MR) is 110 cm³/mol. The van der Waals surface area contributed by atoms with E-state index >= 15 is 0 Å². The van der Waals surface area contributed by atoms with Crippen LogP contribution < -0.4 is 5.73 Å². The van der Waals surface area contributed by atoms with Crippen molar-refractivity contribution in [2.24, 2.45) is 17.6 Å². The molecule has 3 atom stereocenters. The molecule has 0 aliphatic heterocycles. The number of nitrogens with two attached hydrogens (primary N) is 1. The van der Waals surface area contributed by atoms with Gasteiger partial charge in [-0.1, -0.05) is 12.8 Å². The minimum atomic E-state index is -3.67. The number of sulfonamides is 1. The van der Waals surface area contributed by atoms with Gasteiger partial charge in [0.1, 0.15) is 0 Å². The van der Waals surface area contributed by atoms with Gasteiger partial charge in [-0.15, -0.1) is 0 Å². The molecule has 2 N–H and O–H groups in total. The normalized spacial score (nSPS) is 25.2. The van der Waals surface area contributed by atoms with E-state index in [1.165, 1.54) is 14.9 Å². The van der Waals surface area contributed by atoms with Crippen molar-refractivity contribution >= 4 is 26.8 Å². The summed E-state index contributed by atoms with van der Waals surface area (Å²) in [7, 11) is -3.67. The highest BCUT2D eigenvalue weighted by Crippen LogP contribution is 2.45. The number of carbonyl (C=O) groups is 1. The number of hydrogen-bond acceptors (Lipinski definition) is 3. The van der Waals surface area contributed by atoms with E-state index < -0.39 is 33.7 Å². The molecule has 1 heterocycles. The quantitative estimate of drug-likeness (QED) is 0.771. The van der Waals surface area contributed by atoms with Gasteiger partial charge in [-0.3, -0.25) is 4.79 Å². The van der Waals surface area contributed by atoms with Crippen molar-refractivity contribution in [3.8, 4) is 0 Å². The maximum absolute atomic E-state index is 14.9. The van der Waals surface area contributed by atoms with Gasteiger partial charge in [0, 0.05) is 17.1 Å².